The van der Waals surface area contributed by atoms with Crippen LogP contribution in [0.2, 0.25) is 0 Å². The van der Waals surface area contributed by atoms with Crippen LogP contribution in [0, 0.1) is 12.8 Å². The van der Waals surface area contributed by atoms with Crippen LogP contribution in [0.15, 0.2) is 36.8 Å². The van der Waals surface area contributed by atoms with E-state index >= 15 is 0 Å². The van der Waals surface area contributed by atoms with Gasteiger partial charge in [0.25, 0.3) is 0 Å². The molecular formula is C21H23N5O3. The Hall–Kier alpha value is -3.55. The number of hydrogen-bond donors (Lipinski definition) is 2. The number of nitrogens with one attached hydrogen (secondary N) is 1. The number of aryl methyl sites for hydroxylation is 1. The number of methoxy groups -OCH3 is 1. The van der Waals surface area contributed by atoms with Crippen molar-refractivity contribution < 1.29 is 14.3 Å². The molecule has 1 amide bonds. The van der Waals surface area contributed by atoms with Gasteiger partial charge in [0.2, 0.25) is 5.91 Å². The summed E-state index contributed by atoms with van der Waals surface area (Å²) >= 11 is 0. The Labute approximate surface area is 168 Å². The van der Waals surface area contributed by atoms with E-state index in [1.807, 2.05) is 25.1 Å². The van der Waals surface area contributed by atoms with E-state index in [9.17, 15) is 9.59 Å². The summed E-state index contributed by atoms with van der Waals surface area (Å²) in [5.41, 5.74) is 8.87. The molecule has 3 heterocycles. The van der Waals surface area contributed by atoms with E-state index in [1.165, 1.54) is 14.0 Å². The predicted molar refractivity (Wildman–Crippen MR) is 111 cm³/mol. The lowest BCUT2D eigenvalue weighted by atomic mass is 10.1. The van der Waals surface area contributed by atoms with Gasteiger partial charge in [-0.3, -0.25) is 14.6 Å². The molecule has 0 atom stereocenters. The van der Waals surface area contributed by atoms with E-state index in [-0.39, 0.29) is 17.8 Å². The number of nitrogen functional groups attached to an aromatic ring is 1. The van der Waals surface area contributed by atoms with Gasteiger partial charge in [-0.2, -0.15) is 0 Å². The molecule has 0 unspecified atom stereocenters. The number of anilines is 2. The number of ether oxygens (including phenoxy) is 1. The zero-order chi connectivity index (χ0) is 21.0. The number of carbonyl (C=O) groups excluding carboxylic acids is 2. The smallest absolute Gasteiger partial charge is 0.302 e. The minimum atomic E-state index is -0.245. The molecule has 3 aromatic rings. The molecule has 150 valence electrons. The van der Waals surface area contributed by atoms with Crippen LogP contribution in [0.25, 0.3) is 22.0 Å². The van der Waals surface area contributed by atoms with Crippen LogP contribution in [-0.2, 0) is 14.3 Å². The minimum Gasteiger partial charge on any atom is -0.469 e. The lowest BCUT2D eigenvalue weighted by molar-refractivity contribution is -0.137. The third-order valence-electron chi connectivity index (χ3n) is 4.55. The molecule has 0 radical (unpaired) electrons. The molecule has 0 saturated heterocycles. The van der Waals surface area contributed by atoms with Crippen molar-refractivity contribution in [2.75, 3.05) is 18.2 Å². The number of esters is 1. The summed E-state index contributed by atoms with van der Waals surface area (Å²) < 4.78 is 4.11. The Morgan fingerprint density at radius 1 is 1.24 bits per heavy atom. The van der Waals surface area contributed by atoms with Crippen LogP contribution in [0.4, 0.5) is 11.6 Å². The van der Waals surface area contributed by atoms with Crippen LogP contribution >= 0.6 is 0 Å². The van der Waals surface area contributed by atoms with Gasteiger partial charge < -0.3 is 15.8 Å². The number of nitrogens with two attached hydrogens (primary N) is 1. The lowest BCUT2D eigenvalue weighted by Gasteiger charge is -2.10. The summed E-state index contributed by atoms with van der Waals surface area (Å²) in [5.74, 6) is 0.882. The van der Waals surface area contributed by atoms with Crippen molar-refractivity contribution >= 4 is 34.3 Å². The third kappa shape index (κ3) is 5.04. The largest absolute Gasteiger partial charge is 0.469 e. The number of carbonyl (C=O) groups is 2. The first-order chi connectivity index (χ1) is 13.9. The Bertz CT molecular complexity index is 1060. The SMILES string of the molecule is COC(C)=O.Cc1ccncc1-c1cc2cc(NC(=O)C3CC3)ncc2c(N)n1. The van der Waals surface area contributed by atoms with E-state index in [0.717, 1.165) is 40.4 Å². The van der Waals surface area contributed by atoms with Gasteiger partial charge in [0.05, 0.1) is 12.8 Å². The number of nitrogens with zero attached hydrogens (tertiary/aromatic N) is 3. The molecule has 8 nitrogen and oxygen atoms in total. The van der Waals surface area contributed by atoms with E-state index in [0.29, 0.717) is 11.6 Å². The number of aromatic nitrogens is 3. The van der Waals surface area contributed by atoms with Crippen LogP contribution in [0.3, 0.4) is 0 Å². The number of amides is 1. The molecule has 1 aliphatic rings. The lowest BCUT2D eigenvalue weighted by Crippen LogP contribution is -2.14. The van der Waals surface area contributed by atoms with E-state index in [1.54, 1.807) is 18.6 Å². The second-order valence-corrected chi connectivity index (χ2v) is 6.83. The van der Waals surface area contributed by atoms with Crippen molar-refractivity contribution in [3.63, 3.8) is 0 Å². The average molecular weight is 393 g/mol. The normalized spacial score (nSPS) is 12.7. The summed E-state index contributed by atoms with van der Waals surface area (Å²) in [6.07, 6.45) is 7.10. The van der Waals surface area contributed by atoms with Crippen LogP contribution in [0.1, 0.15) is 25.3 Å². The molecule has 1 saturated carbocycles. The first kappa shape index (κ1) is 20.2. The molecule has 29 heavy (non-hydrogen) atoms. The second-order valence-electron chi connectivity index (χ2n) is 6.83. The summed E-state index contributed by atoms with van der Waals surface area (Å²) in [5, 5.41) is 4.52. The molecule has 0 aliphatic heterocycles. The first-order valence-electron chi connectivity index (χ1n) is 9.21. The molecule has 0 spiro atoms. The second kappa shape index (κ2) is 8.64. The highest BCUT2D eigenvalue weighted by Gasteiger charge is 2.29. The fourth-order valence-corrected chi connectivity index (χ4v) is 2.69. The van der Waals surface area contributed by atoms with Crippen molar-refractivity contribution in [1.82, 2.24) is 15.0 Å². The summed E-state index contributed by atoms with van der Waals surface area (Å²) in [6.45, 7) is 3.37. The van der Waals surface area contributed by atoms with Crippen molar-refractivity contribution in [3.05, 3.63) is 42.4 Å². The quantitative estimate of drug-likeness (QED) is 0.656. The molecule has 3 N–H and O–H groups in total. The van der Waals surface area contributed by atoms with Crippen LogP contribution < -0.4 is 11.1 Å². The maximum absolute atomic E-state index is 11.9. The monoisotopic (exact) mass is 393 g/mol. The number of hydrogen-bond acceptors (Lipinski definition) is 7. The van der Waals surface area contributed by atoms with Gasteiger partial charge in [0, 0.05) is 42.4 Å². The minimum absolute atomic E-state index is 0.0344. The molecule has 4 rings (SSSR count). The van der Waals surface area contributed by atoms with Crippen molar-refractivity contribution in [1.29, 1.82) is 0 Å². The van der Waals surface area contributed by atoms with Gasteiger partial charge in [-0.15, -0.1) is 0 Å². The summed E-state index contributed by atoms with van der Waals surface area (Å²) in [7, 11) is 1.35. The van der Waals surface area contributed by atoms with Gasteiger partial charge in [-0.25, -0.2) is 9.97 Å². The van der Waals surface area contributed by atoms with Crippen LogP contribution in [0.5, 0.6) is 0 Å². The van der Waals surface area contributed by atoms with Gasteiger partial charge >= 0.3 is 5.97 Å². The number of pyridine rings is 3. The van der Waals surface area contributed by atoms with E-state index < -0.39 is 0 Å². The Balaban J connectivity index is 0.000000431. The molecule has 0 bridgehead atoms. The summed E-state index contributed by atoms with van der Waals surface area (Å²) in [4.78, 5) is 34.4. The Kier molecular flexibility index (Phi) is 6.01. The maximum atomic E-state index is 11.9. The highest BCUT2D eigenvalue weighted by atomic mass is 16.5. The number of fused-ring (bicyclic) bond motifs is 1. The first-order valence-corrected chi connectivity index (χ1v) is 9.21. The highest BCUT2D eigenvalue weighted by molar-refractivity contribution is 5.98. The predicted octanol–water partition coefficient (Wildman–Crippen LogP) is 3.11. The standard InChI is InChI=1S/C18H17N5O.C3H6O2/c1-10-4-5-20-8-13(10)15-6-12-7-16(23-18(24)11-2-3-11)21-9-14(12)17(19)22-15;1-3(4)5-2/h4-9,11H,2-3H2,1H3,(H2,19,22)(H,21,23,24);1-2H3. The average Bonchev–Trinajstić information content (AvgIpc) is 3.54. The van der Waals surface area contributed by atoms with Gasteiger partial charge in [0.1, 0.15) is 11.6 Å². The van der Waals surface area contributed by atoms with Gasteiger partial charge in [-0.05, 0) is 48.9 Å². The third-order valence-corrected chi connectivity index (χ3v) is 4.55. The molecular weight excluding hydrogens is 370 g/mol. The molecule has 1 fully saturated rings. The van der Waals surface area contributed by atoms with Crippen molar-refractivity contribution in [2.45, 2.75) is 26.7 Å². The number of rotatable bonds is 3. The zero-order valence-electron chi connectivity index (χ0n) is 16.6. The highest BCUT2D eigenvalue weighted by Crippen LogP contribution is 2.31. The fourth-order valence-electron chi connectivity index (χ4n) is 2.69. The van der Waals surface area contributed by atoms with E-state index in [2.05, 4.69) is 25.0 Å². The van der Waals surface area contributed by atoms with Crippen molar-refractivity contribution in [3.8, 4) is 11.3 Å². The van der Waals surface area contributed by atoms with Gasteiger partial charge in [-0.1, -0.05) is 0 Å². The van der Waals surface area contributed by atoms with Gasteiger partial charge in [0.15, 0.2) is 0 Å². The maximum Gasteiger partial charge on any atom is 0.302 e. The summed E-state index contributed by atoms with van der Waals surface area (Å²) in [6, 6.07) is 5.72. The Morgan fingerprint density at radius 2 is 1.97 bits per heavy atom. The zero-order valence-corrected chi connectivity index (χ0v) is 16.6. The fraction of sp³-hybridized carbons (Fsp3) is 0.286. The topological polar surface area (TPSA) is 120 Å². The molecule has 8 heteroatoms. The molecule has 0 aromatic carbocycles. The van der Waals surface area contributed by atoms with E-state index in [4.69, 9.17) is 5.73 Å². The molecule has 1 aliphatic carbocycles. The van der Waals surface area contributed by atoms with Crippen molar-refractivity contribution in [2.24, 2.45) is 5.92 Å². The van der Waals surface area contributed by atoms with Crippen LogP contribution in [-0.4, -0.2) is 33.9 Å². The molecule has 3 aromatic heterocycles. The Morgan fingerprint density at radius 3 is 2.59 bits per heavy atom.